The molecular formula is C23H29N5O3Si. The zero-order valence-electron chi connectivity index (χ0n) is 19.2. The number of carbonyl (C=O) groups excluding carboxylic acids is 1. The molecule has 0 aliphatic rings. The van der Waals surface area contributed by atoms with Crippen LogP contribution in [0.1, 0.15) is 29.8 Å². The summed E-state index contributed by atoms with van der Waals surface area (Å²) in [4.78, 5) is 21.8. The van der Waals surface area contributed by atoms with Gasteiger partial charge < -0.3 is 19.4 Å². The van der Waals surface area contributed by atoms with Gasteiger partial charge in [0, 0.05) is 26.9 Å². The molecular weight excluding hydrogens is 422 g/mol. The summed E-state index contributed by atoms with van der Waals surface area (Å²) in [6.07, 6.45) is 3.24. The van der Waals surface area contributed by atoms with Crippen LogP contribution in [-0.4, -0.2) is 41.2 Å². The molecule has 0 radical (unpaired) electrons. The standard InChI is InChI=1S/C23H29N5O3Si/c1-16(2)26-23(29)19-14-28(15-30-10-11-32(3,4)5)22-21(19)27-20(13-25-22)31-18-8-6-17(12-24)7-9-18/h6-9,13-14,16H,10-11,15H2,1-5H3,(H,26,29). The minimum absolute atomic E-state index is 0.0139. The molecule has 32 heavy (non-hydrogen) atoms. The van der Waals surface area contributed by atoms with Crippen molar-refractivity contribution in [3.05, 3.63) is 47.8 Å². The van der Waals surface area contributed by atoms with Gasteiger partial charge in [0.15, 0.2) is 5.65 Å². The largest absolute Gasteiger partial charge is 0.437 e. The van der Waals surface area contributed by atoms with Crippen molar-refractivity contribution in [3.63, 3.8) is 0 Å². The normalized spacial score (nSPS) is 11.5. The maximum Gasteiger partial charge on any atom is 0.255 e. The molecule has 0 spiro atoms. The first kappa shape index (κ1) is 23.4. The molecule has 0 aliphatic heterocycles. The summed E-state index contributed by atoms with van der Waals surface area (Å²) in [5.74, 6) is 0.564. The highest BCUT2D eigenvalue weighted by Crippen LogP contribution is 2.24. The summed E-state index contributed by atoms with van der Waals surface area (Å²) in [5, 5.41) is 11.8. The number of nitrogens with zero attached hydrogens (tertiary/aromatic N) is 4. The fourth-order valence-corrected chi connectivity index (χ4v) is 3.71. The zero-order chi connectivity index (χ0) is 23.3. The molecule has 3 aromatic rings. The van der Waals surface area contributed by atoms with Crippen LogP contribution in [0.15, 0.2) is 36.7 Å². The highest BCUT2D eigenvalue weighted by Gasteiger charge is 2.20. The van der Waals surface area contributed by atoms with E-state index in [1.165, 1.54) is 6.20 Å². The Morgan fingerprint density at radius 1 is 1.25 bits per heavy atom. The average Bonchev–Trinajstić information content (AvgIpc) is 3.09. The van der Waals surface area contributed by atoms with E-state index in [-0.39, 0.29) is 17.8 Å². The molecule has 9 heteroatoms. The maximum atomic E-state index is 12.8. The van der Waals surface area contributed by atoms with Gasteiger partial charge in [-0.1, -0.05) is 19.6 Å². The van der Waals surface area contributed by atoms with Crippen LogP contribution in [0.5, 0.6) is 11.6 Å². The van der Waals surface area contributed by atoms with Gasteiger partial charge in [-0.3, -0.25) is 4.79 Å². The van der Waals surface area contributed by atoms with Crippen LogP contribution >= 0.6 is 0 Å². The van der Waals surface area contributed by atoms with Gasteiger partial charge >= 0.3 is 0 Å². The van der Waals surface area contributed by atoms with Crippen LogP contribution in [0, 0.1) is 11.3 Å². The van der Waals surface area contributed by atoms with Gasteiger partial charge in [-0.15, -0.1) is 0 Å². The van der Waals surface area contributed by atoms with E-state index in [1.54, 1.807) is 35.0 Å². The van der Waals surface area contributed by atoms with E-state index in [9.17, 15) is 4.79 Å². The van der Waals surface area contributed by atoms with E-state index in [0.717, 1.165) is 6.04 Å². The number of ether oxygens (including phenoxy) is 2. The van der Waals surface area contributed by atoms with Crippen LogP contribution in [0.2, 0.25) is 25.7 Å². The van der Waals surface area contributed by atoms with Gasteiger partial charge in [-0.2, -0.15) is 5.26 Å². The van der Waals surface area contributed by atoms with Crippen molar-refractivity contribution < 1.29 is 14.3 Å². The molecule has 0 bridgehead atoms. The van der Waals surface area contributed by atoms with Crippen molar-refractivity contribution in [2.24, 2.45) is 0 Å². The van der Waals surface area contributed by atoms with Crippen LogP contribution in [0.25, 0.3) is 11.2 Å². The number of amides is 1. The molecule has 2 heterocycles. The topological polar surface area (TPSA) is 102 Å². The summed E-state index contributed by atoms with van der Waals surface area (Å²) in [6.45, 7) is 11.7. The van der Waals surface area contributed by atoms with Crippen LogP contribution in [0.3, 0.4) is 0 Å². The molecule has 0 aliphatic carbocycles. The number of nitriles is 1. The van der Waals surface area contributed by atoms with E-state index < -0.39 is 8.07 Å². The molecule has 1 amide bonds. The van der Waals surface area contributed by atoms with E-state index in [2.05, 4.69) is 41.0 Å². The quantitative estimate of drug-likeness (QED) is 0.378. The number of aromatic nitrogens is 3. The molecule has 3 rings (SSSR count). The second-order valence-electron chi connectivity index (χ2n) is 9.11. The lowest BCUT2D eigenvalue weighted by atomic mass is 10.2. The number of benzene rings is 1. The highest BCUT2D eigenvalue weighted by atomic mass is 28.3. The van der Waals surface area contributed by atoms with E-state index >= 15 is 0 Å². The number of hydrogen-bond donors (Lipinski definition) is 1. The Morgan fingerprint density at radius 3 is 2.59 bits per heavy atom. The van der Waals surface area contributed by atoms with Crippen molar-refractivity contribution in [2.75, 3.05) is 6.61 Å². The molecule has 8 nitrogen and oxygen atoms in total. The SMILES string of the molecule is CC(C)NC(=O)c1cn(COCC[Si](C)(C)C)c2ncc(Oc3ccc(C#N)cc3)nc12. The fourth-order valence-electron chi connectivity index (χ4n) is 2.95. The van der Waals surface area contributed by atoms with Gasteiger partial charge in [0.1, 0.15) is 18.0 Å². The molecule has 0 saturated heterocycles. The fraction of sp³-hybridized carbons (Fsp3) is 0.391. The predicted molar refractivity (Wildman–Crippen MR) is 125 cm³/mol. The summed E-state index contributed by atoms with van der Waals surface area (Å²) in [5.41, 5.74) is 1.96. The molecule has 0 unspecified atom stereocenters. The Morgan fingerprint density at radius 2 is 1.97 bits per heavy atom. The number of hydrogen-bond acceptors (Lipinski definition) is 6. The molecule has 1 aromatic carbocycles. The Labute approximate surface area is 189 Å². The van der Waals surface area contributed by atoms with Crippen molar-refractivity contribution in [3.8, 4) is 17.7 Å². The maximum absolute atomic E-state index is 12.8. The van der Waals surface area contributed by atoms with Gasteiger partial charge in [0.2, 0.25) is 5.88 Å². The van der Waals surface area contributed by atoms with E-state index in [1.807, 2.05) is 13.8 Å². The molecule has 0 fully saturated rings. The van der Waals surface area contributed by atoms with Gasteiger partial charge in [-0.05, 0) is 44.2 Å². The summed E-state index contributed by atoms with van der Waals surface area (Å²) in [6, 6.07) is 9.82. The smallest absolute Gasteiger partial charge is 0.255 e. The first-order valence-electron chi connectivity index (χ1n) is 10.6. The number of carbonyl (C=O) groups is 1. The Kier molecular flexibility index (Phi) is 7.28. The van der Waals surface area contributed by atoms with Crippen molar-refractivity contribution in [2.45, 2.75) is 52.3 Å². The second kappa shape index (κ2) is 9.93. The lowest BCUT2D eigenvalue weighted by Gasteiger charge is -2.15. The third-order valence-corrected chi connectivity index (χ3v) is 6.34. The highest BCUT2D eigenvalue weighted by molar-refractivity contribution is 6.76. The zero-order valence-corrected chi connectivity index (χ0v) is 20.2. The first-order chi connectivity index (χ1) is 15.2. The number of fused-ring (bicyclic) bond motifs is 1. The molecule has 168 valence electrons. The van der Waals surface area contributed by atoms with Gasteiger partial charge in [0.05, 0.1) is 23.4 Å². The average molecular weight is 452 g/mol. The van der Waals surface area contributed by atoms with E-state index in [4.69, 9.17) is 14.7 Å². The van der Waals surface area contributed by atoms with Crippen molar-refractivity contribution in [1.82, 2.24) is 19.9 Å². The predicted octanol–water partition coefficient (Wildman–Crippen LogP) is 4.55. The molecule has 2 aromatic heterocycles. The van der Waals surface area contributed by atoms with Crippen molar-refractivity contribution in [1.29, 1.82) is 5.26 Å². The summed E-state index contributed by atoms with van der Waals surface area (Å²) < 4.78 is 13.5. The Bertz CT molecular complexity index is 1130. The lowest BCUT2D eigenvalue weighted by molar-refractivity contribution is 0.0890. The van der Waals surface area contributed by atoms with Gasteiger partial charge in [-0.25, -0.2) is 9.97 Å². The Hall–Kier alpha value is -3.22. The monoisotopic (exact) mass is 451 g/mol. The van der Waals surface area contributed by atoms with Gasteiger partial charge in [0.25, 0.3) is 5.91 Å². The minimum atomic E-state index is -1.19. The van der Waals surface area contributed by atoms with Crippen LogP contribution < -0.4 is 10.1 Å². The lowest BCUT2D eigenvalue weighted by Crippen LogP contribution is -2.30. The van der Waals surface area contributed by atoms with Crippen LogP contribution in [-0.2, 0) is 11.5 Å². The molecule has 0 saturated carbocycles. The van der Waals surface area contributed by atoms with E-state index in [0.29, 0.717) is 41.4 Å². The summed E-state index contributed by atoms with van der Waals surface area (Å²) >= 11 is 0. The Balaban J connectivity index is 1.88. The molecule has 0 atom stereocenters. The summed E-state index contributed by atoms with van der Waals surface area (Å²) in [7, 11) is -1.19. The third kappa shape index (κ3) is 6.15. The number of rotatable bonds is 9. The van der Waals surface area contributed by atoms with Crippen molar-refractivity contribution >= 4 is 25.1 Å². The minimum Gasteiger partial charge on any atom is -0.437 e. The molecule has 1 N–H and O–H groups in total. The van der Waals surface area contributed by atoms with Crippen LogP contribution in [0.4, 0.5) is 0 Å². The first-order valence-corrected chi connectivity index (χ1v) is 14.3. The number of nitrogens with one attached hydrogen (secondary N) is 1. The third-order valence-electron chi connectivity index (χ3n) is 4.64. The second-order valence-corrected chi connectivity index (χ2v) is 14.7.